The summed E-state index contributed by atoms with van der Waals surface area (Å²) >= 11 is 0. The van der Waals surface area contributed by atoms with Gasteiger partial charge in [-0.25, -0.2) is 19.9 Å². The lowest BCUT2D eigenvalue weighted by molar-refractivity contribution is 1.05. The van der Waals surface area contributed by atoms with Gasteiger partial charge in [-0.2, -0.15) is 0 Å². The molecular weight excluding hydrogens is 833 g/mol. The van der Waals surface area contributed by atoms with Crippen molar-refractivity contribution in [1.29, 1.82) is 0 Å². The summed E-state index contributed by atoms with van der Waals surface area (Å²) < 4.78 is 8.98. The lowest BCUT2D eigenvalue weighted by Gasteiger charge is -2.10. The van der Waals surface area contributed by atoms with Crippen molar-refractivity contribution in [3.63, 3.8) is 0 Å². The second-order valence-electron chi connectivity index (χ2n) is 17.3. The van der Waals surface area contributed by atoms with E-state index in [0.29, 0.717) is 5.82 Å². The van der Waals surface area contributed by atoms with Gasteiger partial charge in [0.15, 0.2) is 5.82 Å². The molecule has 5 heterocycles. The smallest absolute Gasteiger partial charge is 0.220 e. The minimum Gasteiger partial charge on any atom is -0.278 e. The molecule has 0 saturated carbocycles. The van der Waals surface area contributed by atoms with Gasteiger partial charge in [0.1, 0.15) is 0 Å². The number of hydrogen-bond acceptors (Lipinski definition) is 4. The minimum absolute atomic E-state index is 0.682. The summed E-state index contributed by atoms with van der Waals surface area (Å²) in [5, 5.41) is 0. The Bertz CT molecular complexity index is 4220. The van der Waals surface area contributed by atoms with E-state index in [1.54, 1.807) is 0 Å². The van der Waals surface area contributed by atoms with Crippen LogP contribution >= 0.6 is 0 Å². The quantitative estimate of drug-likeness (QED) is 0.160. The maximum Gasteiger partial charge on any atom is 0.220 e. The van der Waals surface area contributed by atoms with E-state index >= 15 is 0 Å². The first-order chi connectivity index (χ1) is 33.7. The van der Waals surface area contributed by atoms with Crippen molar-refractivity contribution in [1.82, 2.24) is 37.9 Å². The summed E-state index contributed by atoms with van der Waals surface area (Å²) in [4.78, 5) is 20.0. The van der Waals surface area contributed by atoms with Crippen LogP contribution in [0.3, 0.4) is 0 Å². The maximum atomic E-state index is 5.24. The van der Waals surface area contributed by atoms with Crippen LogP contribution < -0.4 is 0 Å². The van der Waals surface area contributed by atoms with E-state index in [-0.39, 0.29) is 0 Å². The highest BCUT2D eigenvalue weighted by molar-refractivity contribution is 5.97. The van der Waals surface area contributed by atoms with Gasteiger partial charge in [-0.15, -0.1) is 0 Å². The molecule has 14 aromatic rings. The first-order valence-electron chi connectivity index (χ1n) is 22.8. The topological polar surface area (TPSA) is 70.2 Å². The average Bonchev–Trinajstić information content (AvgIpc) is 4.16. The summed E-state index contributed by atoms with van der Waals surface area (Å²) in [5.74, 6) is 2.36. The van der Waals surface area contributed by atoms with Gasteiger partial charge in [-0.05, 0) is 111 Å². The van der Waals surface area contributed by atoms with Gasteiger partial charge in [-0.3, -0.25) is 17.9 Å². The Labute approximate surface area is 390 Å². The Morgan fingerprint density at radius 1 is 0.265 bits per heavy atom. The lowest BCUT2D eigenvalue weighted by Crippen LogP contribution is -1.98. The van der Waals surface area contributed by atoms with Crippen LogP contribution in [0.2, 0.25) is 0 Å². The Hall–Kier alpha value is -9.40. The van der Waals surface area contributed by atoms with Crippen molar-refractivity contribution in [3.8, 4) is 67.3 Å². The number of fused-ring (bicyclic) bond motifs is 10. The summed E-state index contributed by atoms with van der Waals surface area (Å²) in [7, 11) is 0. The van der Waals surface area contributed by atoms with E-state index < -0.39 is 0 Å². The van der Waals surface area contributed by atoms with Gasteiger partial charge in [0, 0.05) is 11.3 Å². The summed E-state index contributed by atoms with van der Waals surface area (Å²) in [6.45, 7) is 0. The van der Waals surface area contributed by atoms with Crippen molar-refractivity contribution in [2.45, 2.75) is 0 Å². The average molecular weight is 871 g/mol. The van der Waals surface area contributed by atoms with Crippen LogP contribution in [0.15, 0.2) is 231 Å². The minimum atomic E-state index is 0.682. The van der Waals surface area contributed by atoms with E-state index in [4.69, 9.17) is 19.9 Å². The standard InChI is InChI=1S/C60H38N8/c1-3-12-39(13-4-1)40-22-24-41(25-23-40)44-16-11-17-45(34-44)42-26-30-48(31-27-42)65-54-32-28-46(35-56(54)67-52-20-9-7-18-50(52)63-59(65)67)47-29-33-55-57(36-47)68-53-21-10-8-19-51(53)64-60(68)66(55)49-37-61-58(62-38-49)43-14-5-2-6-15-43/h1-38H. The number of hydrogen-bond donors (Lipinski definition) is 0. The lowest BCUT2D eigenvalue weighted by atomic mass is 9.97. The predicted molar refractivity (Wildman–Crippen MR) is 275 cm³/mol. The van der Waals surface area contributed by atoms with Crippen molar-refractivity contribution < 1.29 is 0 Å². The highest BCUT2D eigenvalue weighted by atomic mass is 15.2. The molecule has 9 aromatic carbocycles. The monoisotopic (exact) mass is 870 g/mol. The van der Waals surface area contributed by atoms with Crippen LogP contribution in [0.5, 0.6) is 0 Å². The summed E-state index contributed by atoms with van der Waals surface area (Å²) in [6, 6.07) is 77.2. The largest absolute Gasteiger partial charge is 0.278 e. The first-order valence-corrected chi connectivity index (χ1v) is 22.8. The van der Waals surface area contributed by atoms with Gasteiger partial charge in [-0.1, -0.05) is 152 Å². The highest BCUT2D eigenvalue weighted by Gasteiger charge is 2.21. The molecule has 0 saturated heterocycles. The van der Waals surface area contributed by atoms with Crippen molar-refractivity contribution in [3.05, 3.63) is 231 Å². The van der Waals surface area contributed by atoms with Crippen molar-refractivity contribution in [2.75, 3.05) is 0 Å². The molecule has 0 aliphatic heterocycles. The molecule has 8 heteroatoms. The fourth-order valence-corrected chi connectivity index (χ4v) is 10.0. The van der Waals surface area contributed by atoms with Crippen LogP contribution in [0, 0.1) is 0 Å². The molecule has 0 radical (unpaired) electrons. The zero-order chi connectivity index (χ0) is 44.7. The molecule has 68 heavy (non-hydrogen) atoms. The zero-order valence-electron chi connectivity index (χ0n) is 36.5. The molecule has 8 nitrogen and oxygen atoms in total. The van der Waals surface area contributed by atoms with Gasteiger partial charge >= 0.3 is 0 Å². The van der Waals surface area contributed by atoms with E-state index in [2.05, 4.69) is 200 Å². The number of para-hydroxylation sites is 4. The van der Waals surface area contributed by atoms with Crippen LogP contribution in [-0.4, -0.2) is 37.9 Å². The molecule has 0 bridgehead atoms. The Balaban J connectivity index is 0.859. The number of imidazole rings is 4. The SMILES string of the molecule is c1ccc(-c2ccc(-c3cccc(-c4ccc(-n5c6ccc(-c7ccc8c(c7)n7c9ccccc9nc7n8-c7cnc(-c8ccccc8)nc7)cc6n6c7ccccc7nc56)cc4)c3)cc2)cc1. The molecule has 14 rings (SSSR count). The fraction of sp³-hybridized carbons (Fsp3) is 0. The van der Waals surface area contributed by atoms with E-state index in [1.807, 2.05) is 48.8 Å². The third-order valence-corrected chi connectivity index (χ3v) is 13.3. The summed E-state index contributed by atoms with van der Waals surface area (Å²) in [5.41, 5.74) is 20.4. The van der Waals surface area contributed by atoms with E-state index in [0.717, 1.165) is 89.3 Å². The molecule has 0 N–H and O–H groups in total. The van der Waals surface area contributed by atoms with Gasteiger partial charge in [0.05, 0.1) is 62.2 Å². The first kappa shape index (κ1) is 37.9. The Morgan fingerprint density at radius 3 is 1.21 bits per heavy atom. The molecular formula is C60H38N8. The van der Waals surface area contributed by atoms with Gasteiger partial charge in [0.2, 0.25) is 11.6 Å². The maximum absolute atomic E-state index is 5.24. The third kappa shape index (κ3) is 6.01. The molecule has 0 atom stereocenters. The molecule has 5 aromatic heterocycles. The summed E-state index contributed by atoms with van der Waals surface area (Å²) in [6.07, 6.45) is 3.78. The van der Waals surface area contributed by atoms with Crippen LogP contribution in [0.1, 0.15) is 0 Å². The van der Waals surface area contributed by atoms with Gasteiger partial charge in [0.25, 0.3) is 0 Å². The molecule has 0 amide bonds. The second-order valence-corrected chi connectivity index (χ2v) is 17.3. The third-order valence-electron chi connectivity index (χ3n) is 13.3. The number of rotatable bonds is 7. The second kappa shape index (κ2) is 15.1. The Morgan fingerprint density at radius 2 is 0.662 bits per heavy atom. The molecule has 0 unspecified atom stereocenters. The van der Waals surface area contributed by atoms with E-state index in [1.165, 1.54) is 27.8 Å². The number of benzene rings is 9. The number of aromatic nitrogens is 8. The molecule has 0 aliphatic rings. The van der Waals surface area contributed by atoms with Crippen LogP contribution in [0.4, 0.5) is 0 Å². The van der Waals surface area contributed by atoms with Crippen molar-refractivity contribution in [2.24, 2.45) is 0 Å². The van der Waals surface area contributed by atoms with E-state index in [9.17, 15) is 0 Å². The normalized spacial score (nSPS) is 11.8. The Kier molecular flexibility index (Phi) is 8.41. The fourth-order valence-electron chi connectivity index (χ4n) is 10.0. The van der Waals surface area contributed by atoms with Crippen LogP contribution in [0.25, 0.3) is 123 Å². The predicted octanol–water partition coefficient (Wildman–Crippen LogP) is 14.3. The zero-order valence-corrected chi connectivity index (χ0v) is 36.5. The number of nitrogens with zero attached hydrogens (tertiary/aromatic N) is 8. The molecule has 318 valence electrons. The molecule has 0 aliphatic carbocycles. The van der Waals surface area contributed by atoms with Gasteiger partial charge < -0.3 is 0 Å². The molecule has 0 fully saturated rings. The van der Waals surface area contributed by atoms with Crippen LogP contribution in [-0.2, 0) is 0 Å². The highest BCUT2D eigenvalue weighted by Crippen LogP contribution is 2.37. The molecule has 0 spiro atoms. The van der Waals surface area contributed by atoms with Crippen molar-refractivity contribution >= 4 is 55.7 Å².